The van der Waals surface area contributed by atoms with Gasteiger partial charge in [-0.1, -0.05) is 30.3 Å². The zero-order valence-electron chi connectivity index (χ0n) is 7.27. The summed E-state index contributed by atoms with van der Waals surface area (Å²) in [7, 11) is 0. The van der Waals surface area contributed by atoms with Gasteiger partial charge in [0.25, 0.3) is 0 Å². The van der Waals surface area contributed by atoms with Gasteiger partial charge in [0.2, 0.25) is 0 Å². The zero-order valence-corrected chi connectivity index (χ0v) is 8.08. The maximum Gasteiger partial charge on any atom is 0.308 e. The van der Waals surface area contributed by atoms with E-state index >= 15 is 0 Å². The van der Waals surface area contributed by atoms with E-state index in [2.05, 4.69) is 0 Å². The average molecular weight is 194 g/mol. The van der Waals surface area contributed by atoms with Gasteiger partial charge in [-0.3, -0.25) is 4.79 Å². The Balaban J connectivity index is 2.97. The first-order valence-electron chi connectivity index (χ1n) is 3.84. The number of esters is 1. The molecule has 0 aliphatic rings. The van der Waals surface area contributed by atoms with Gasteiger partial charge in [0, 0.05) is 6.92 Å². The van der Waals surface area contributed by atoms with Crippen LogP contribution in [-0.4, -0.2) is 5.97 Å². The lowest BCUT2D eigenvalue weighted by molar-refractivity contribution is -0.131. The number of hydrogen-bond acceptors (Lipinski definition) is 3. The van der Waals surface area contributed by atoms with Gasteiger partial charge in [-0.25, -0.2) is 0 Å². The normalized spacial score (nSPS) is 8.69. The Labute approximate surface area is 81.1 Å². The van der Waals surface area contributed by atoms with Gasteiger partial charge in [-0.05, 0) is 11.4 Å². The summed E-state index contributed by atoms with van der Waals surface area (Å²) in [6, 6.07) is 11.2. The third kappa shape index (κ3) is 4.28. The van der Waals surface area contributed by atoms with E-state index in [1.165, 1.54) is 18.3 Å². The first-order chi connectivity index (χ1) is 6.29. The summed E-state index contributed by atoms with van der Waals surface area (Å²) >= 11 is 1.37. The lowest BCUT2D eigenvalue weighted by Crippen LogP contribution is -1.99. The first kappa shape index (κ1) is 9.74. The predicted molar refractivity (Wildman–Crippen MR) is 53.3 cm³/mol. The maximum absolute atomic E-state index is 10.7. The second kappa shape index (κ2) is 5.32. The summed E-state index contributed by atoms with van der Waals surface area (Å²) in [4.78, 5) is 10.7. The molecule has 0 spiro atoms. The van der Waals surface area contributed by atoms with E-state index in [0.29, 0.717) is 5.06 Å². The second-order valence-electron chi connectivity index (χ2n) is 2.30. The molecule has 0 unspecified atom stereocenters. The number of ether oxygens (including phenoxy) is 1. The minimum atomic E-state index is -0.298. The smallest absolute Gasteiger partial charge is 0.308 e. The molecule has 0 fully saturated rings. The number of carbonyl (C=O) groups is 1. The van der Waals surface area contributed by atoms with Gasteiger partial charge in [-0.15, -0.1) is 11.3 Å². The summed E-state index contributed by atoms with van der Waals surface area (Å²) in [6.07, 6.45) is 0. The van der Waals surface area contributed by atoms with E-state index in [4.69, 9.17) is 4.74 Å². The van der Waals surface area contributed by atoms with Crippen molar-refractivity contribution in [1.29, 1.82) is 0 Å². The van der Waals surface area contributed by atoms with E-state index in [1.54, 1.807) is 6.07 Å². The Hall–Kier alpha value is -1.35. The third-order valence-corrected chi connectivity index (χ3v) is 1.93. The number of hydrogen-bond donors (Lipinski definition) is 0. The van der Waals surface area contributed by atoms with Crippen LogP contribution in [-0.2, 0) is 4.79 Å². The Bertz CT molecular complexity index is 305. The summed E-state index contributed by atoms with van der Waals surface area (Å²) in [5.74, 6) is -0.298. The molecule has 0 N–H and O–H groups in total. The van der Waals surface area contributed by atoms with Crippen molar-refractivity contribution in [3.63, 3.8) is 0 Å². The summed E-state index contributed by atoms with van der Waals surface area (Å²) in [5, 5.41) is 2.45. The van der Waals surface area contributed by atoms with Crippen molar-refractivity contribution in [2.75, 3.05) is 0 Å². The Morgan fingerprint density at radius 1 is 1.23 bits per heavy atom. The zero-order chi connectivity index (χ0) is 9.52. The highest BCUT2D eigenvalue weighted by Gasteiger charge is 1.93. The quantitative estimate of drug-likeness (QED) is 0.642. The van der Waals surface area contributed by atoms with Gasteiger partial charge in [-0.2, -0.15) is 0 Å². The molecular weight excluding hydrogens is 184 g/mol. The SMILES string of the molecule is CC(=O)Oc1cccccccs1. The fourth-order valence-corrected chi connectivity index (χ4v) is 1.34. The van der Waals surface area contributed by atoms with Crippen LogP contribution in [0.25, 0.3) is 0 Å². The molecule has 0 aliphatic carbocycles. The molecule has 3 heteroatoms. The average Bonchev–Trinajstić information content (AvgIpc) is 2.17. The van der Waals surface area contributed by atoms with E-state index in [0.717, 1.165) is 0 Å². The molecule has 0 atom stereocenters. The van der Waals surface area contributed by atoms with Crippen LogP contribution in [0.3, 0.4) is 0 Å². The highest BCUT2D eigenvalue weighted by Crippen LogP contribution is 2.13. The molecule has 0 saturated heterocycles. The molecule has 2 nitrogen and oxygen atoms in total. The van der Waals surface area contributed by atoms with Crippen LogP contribution in [0.1, 0.15) is 6.92 Å². The van der Waals surface area contributed by atoms with Crippen molar-refractivity contribution in [3.05, 3.63) is 41.8 Å². The molecule has 0 radical (unpaired) electrons. The molecule has 1 rings (SSSR count). The van der Waals surface area contributed by atoms with E-state index < -0.39 is 0 Å². The van der Waals surface area contributed by atoms with Gasteiger partial charge in [0.1, 0.15) is 0 Å². The molecule has 1 heterocycles. The molecule has 0 bridgehead atoms. The molecule has 68 valence electrons. The fraction of sp³-hybridized carbons (Fsp3) is 0.100. The molecule has 0 aliphatic heterocycles. The molecular formula is C10H10O2S. The molecule has 0 saturated carbocycles. The van der Waals surface area contributed by atoms with Gasteiger partial charge in [0.15, 0.2) is 5.06 Å². The molecule has 1 aromatic heterocycles. The fourth-order valence-electron chi connectivity index (χ4n) is 0.717. The van der Waals surface area contributed by atoms with Crippen LogP contribution < -0.4 is 4.74 Å². The van der Waals surface area contributed by atoms with Crippen molar-refractivity contribution in [1.82, 2.24) is 0 Å². The van der Waals surface area contributed by atoms with Crippen molar-refractivity contribution >= 4 is 17.3 Å². The standard InChI is InChI=1S/C10H10O2S/c1-9(11)12-10-7-5-3-2-4-6-8-13-10/h2-8H,1H3. The highest BCUT2D eigenvalue weighted by atomic mass is 32.1. The maximum atomic E-state index is 10.7. The topological polar surface area (TPSA) is 26.3 Å². The molecule has 0 aromatic carbocycles. The number of rotatable bonds is 1. The highest BCUT2D eigenvalue weighted by molar-refractivity contribution is 7.11. The molecule has 1 aromatic rings. The first-order valence-corrected chi connectivity index (χ1v) is 4.72. The Kier molecular flexibility index (Phi) is 3.99. The van der Waals surface area contributed by atoms with E-state index in [-0.39, 0.29) is 5.97 Å². The Morgan fingerprint density at radius 2 is 1.92 bits per heavy atom. The predicted octanol–water partition coefficient (Wildman–Crippen LogP) is 2.80. The lowest BCUT2D eigenvalue weighted by atomic mass is 10.5. The molecule has 13 heavy (non-hydrogen) atoms. The number of carbonyl (C=O) groups excluding carboxylic acids is 1. The van der Waals surface area contributed by atoms with Crippen LogP contribution >= 0.6 is 11.3 Å². The van der Waals surface area contributed by atoms with Crippen LogP contribution in [0, 0.1) is 0 Å². The van der Waals surface area contributed by atoms with Crippen LogP contribution in [0.5, 0.6) is 5.06 Å². The second-order valence-corrected chi connectivity index (χ2v) is 3.21. The van der Waals surface area contributed by atoms with Crippen molar-refractivity contribution in [3.8, 4) is 5.06 Å². The summed E-state index contributed by atoms with van der Waals surface area (Å²) in [6.45, 7) is 1.39. The van der Waals surface area contributed by atoms with Gasteiger partial charge in [0.05, 0.1) is 0 Å². The largest absolute Gasteiger partial charge is 0.416 e. The minimum Gasteiger partial charge on any atom is -0.416 e. The molecule has 0 amide bonds. The monoisotopic (exact) mass is 194 g/mol. The van der Waals surface area contributed by atoms with Crippen molar-refractivity contribution in [2.24, 2.45) is 0 Å². The lowest BCUT2D eigenvalue weighted by Gasteiger charge is -1.94. The minimum absolute atomic E-state index is 0.298. The van der Waals surface area contributed by atoms with Crippen LogP contribution in [0.15, 0.2) is 41.8 Å². The Morgan fingerprint density at radius 3 is 2.69 bits per heavy atom. The summed E-state index contributed by atoms with van der Waals surface area (Å²) in [5.41, 5.74) is 0. The van der Waals surface area contributed by atoms with Gasteiger partial charge < -0.3 is 4.74 Å². The van der Waals surface area contributed by atoms with Crippen LogP contribution in [0.4, 0.5) is 0 Å². The summed E-state index contributed by atoms with van der Waals surface area (Å²) < 4.78 is 4.94. The van der Waals surface area contributed by atoms with Gasteiger partial charge >= 0.3 is 5.97 Å². The third-order valence-electron chi connectivity index (χ3n) is 1.18. The van der Waals surface area contributed by atoms with E-state index in [9.17, 15) is 4.79 Å². The van der Waals surface area contributed by atoms with Crippen LogP contribution in [0.2, 0.25) is 0 Å². The van der Waals surface area contributed by atoms with E-state index in [1.807, 2.05) is 35.7 Å². The van der Waals surface area contributed by atoms with Crippen molar-refractivity contribution in [2.45, 2.75) is 6.92 Å². The van der Waals surface area contributed by atoms with Crippen molar-refractivity contribution < 1.29 is 9.53 Å².